The standard InChI is InChI=1S/C22H19N3O3S/c1-24-18-8-7-15(11-19(18)28-22(24)27)17-9-10-20(26)25(17)12-16-13-29-21(23-16)14-5-3-2-4-6-14/h2-8,11,13,17H,9-10,12H2,1H3. The molecule has 5 rings (SSSR count). The number of hydrogen-bond donors (Lipinski definition) is 0. The van der Waals surface area contributed by atoms with Gasteiger partial charge in [-0.2, -0.15) is 0 Å². The summed E-state index contributed by atoms with van der Waals surface area (Å²) in [6.07, 6.45) is 1.26. The van der Waals surface area contributed by atoms with E-state index < -0.39 is 0 Å². The molecule has 4 aromatic rings. The maximum Gasteiger partial charge on any atom is 0.419 e. The van der Waals surface area contributed by atoms with Crippen LogP contribution in [-0.4, -0.2) is 20.4 Å². The van der Waals surface area contributed by atoms with Crippen molar-refractivity contribution >= 4 is 28.3 Å². The van der Waals surface area contributed by atoms with Crippen LogP contribution in [0.15, 0.2) is 63.1 Å². The summed E-state index contributed by atoms with van der Waals surface area (Å²) in [4.78, 5) is 31.0. The van der Waals surface area contributed by atoms with Gasteiger partial charge in [0.2, 0.25) is 5.91 Å². The molecule has 0 saturated carbocycles. The van der Waals surface area contributed by atoms with Crippen molar-refractivity contribution in [3.8, 4) is 10.6 Å². The number of hydrogen-bond acceptors (Lipinski definition) is 5. The van der Waals surface area contributed by atoms with Gasteiger partial charge in [0.15, 0.2) is 5.58 Å². The number of rotatable bonds is 4. The molecule has 6 nitrogen and oxygen atoms in total. The zero-order valence-electron chi connectivity index (χ0n) is 15.9. The maximum atomic E-state index is 12.6. The lowest BCUT2D eigenvalue weighted by Crippen LogP contribution is -2.27. The van der Waals surface area contributed by atoms with Gasteiger partial charge < -0.3 is 9.32 Å². The molecule has 1 aliphatic rings. The molecule has 0 N–H and O–H groups in total. The van der Waals surface area contributed by atoms with E-state index in [9.17, 15) is 9.59 Å². The molecule has 1 fully saturated rings. The third-order valence-electron chi connectivity index (χ3n) is 5.43. The Hall–Kier alpha value is -3.19. The van der Waals surface area contributed by atoms with Gasteiger partial charge >= 0.3 is 5.76 Å². The molecule has 1 atom stereocenters. The predicted octanol–water partition coefficient (Wildman–Crippen LogP) is 4.12. The minimum atomic E-state index is -0.382. The van der Waals surface area contributed by atoms with Crippen molar-refractivity contribution in [1.82, 2.24) is 14.5 Å². The summed E-state index contributed by atoms with van der Waals surface area (Å²) in [6.45, 7) is 0.476. The fraction of sp³-hybridized carbons (Fsp3) is 0.227. The number of aryl methyl sites for hydroxylation is 1. The minimum absolute atomic E-state index is 0.0423. The predicted molar refractivity (Wildman–Crippen MR) is 112 cm³/mol. The zero-order chi connectivity index (χ0) is 20.0. The summed E-state index contributed by atoms with van der Waals surface area (Å²) in [6, 6.07) is 15.7. The molecule has 0 radical (unpaired) electrons. The summed E-state index contributed by atoms with van der Waals surface area (Å²) in [7, 11) is 1.69. The minimum Gasteiger partial charge on any atom is -0.408 e. The molecule has 0 aliphatic carbocycles. The number of likely N-dealkylation sites (tertiary alicyclic amines) is 1. The van der Waals surface area contributed by atoms with E-state index in [1.165, 1.54) is 4.57 Å². The number of nitrogens with zero attached hydrogens (tertiary/aromatic N) is 3. The van der Waals surface area contributed by atoms with Gasteiger partial charge in [-0.1, -0.05) is 36.4 Å². The molecule has 29 heavy (non-hydrogen) atoms. The lowest BCUT2D eigenvalue weighted by molar-refractivity contribution is -0.129. The smallest absolute Gasteiger partial charge is 0.408 e. The quantitative estimate of drug-likeness (QED) is 0.512. The largest absolute Gasteiger partial charge is 0.419 e. The van der Waals surface area contributed by atoms with Crippen LogP contribution in [0.25, 0.3) is 21.7 Å². The summed E-state index contributed by atoms with van der Waals surface area (Å²) < 4.78 is 6.81. The van der Waals surface area contributed by atoms with Crippen LogP contribution in [0, 0.1) is 0 Å². The molecule has 1 saturated heterocycles. The molecular weight excluding hydrogens is 386 g/mol. The van der Waals surface area contributed by atoms with Gasteiger partial charge in [-0.05, 0) is 24.1 Å². The number of oxazole rings is 1. The molecule has 2 aromatic carbocycles. The van der Waals surface area contributed by atoms with Crippen molar-refractivity contribution in [1.29, 1.82) is 0 Å². The number of aromatic nitrogens is 2. The Labute approximate surface area is 171 Å². The van der Waals surface area contributed by atoms with Gasteiger partial charge in [-0.15, -0.1) is 11.3 Å². The summed E-state index contributed by atoms with van der Waals surface area (Å²) in [5.74, 6) is -0.258. The van der Waals surface area contributed by atoms with E-state index in [0.717, 1.165) is 33.8 Å². The van der Waals surface area contributed by atoms with E-state index in [-0.39, 0.29) is 17.7 Å². The van der Waals surface area contributed by atoms with Crippen LogP contribution < -0.4 is 5.76 Å². The van der Waals surface area contributed by atoms with Crippen LogP contribution in [0.3, 0.4) is 0 Å². The van der Waals surface area contributed by atoms with Gasteiger partial charge in [-0.25, -0.2) is 9.78 Å². The SMILES string of the molecule is Cn1c(=O)oc2cc(C3CCC(=O)N3Cc3csc(-c4ccccc4)n3)ccc21. The highest BCUT2D eigenvalue weighted by atomic mass is 32.1. The summed E-state index contributed by atoms with van der Waals surface area (Å²) in [5.41, 5.74) is 4.26. The molecule has 1 amide bonds. The van der Waals surface area contributed by atoms with Crippen molar-refractivity contribution in [2.24, 2.45) is 7.05 Å². The van der Waals surface area contributed by atoms with Crippen LogP contribution in [0.5, 0.6) is 0 Å². The monoisotopic (exact) mass is 405 g/mol. The highest BCUT2D eigenvalue weighted by Crippen LogP contribution is 2.36. The molecule has 7 heteroatoms. The van der Waals surface area contributed by atoms with Crippen molar-refractivity contribution in [3.63, 3.8) is 0 Å². The number of benzene rings is 2. The first kappa shape index (κ1) is 17.9. The van der Waals surface area contributed by atoms with Crippen LogP contribution in [0.1, 0.15) is 30.1 Å². The fourth-order valence-corrected chi connectivity index (χ4v) is 4.72. The molecule has 146 valence electrons. The highest BCUT2D eigenvalue weighted by Gasteiger charge is 2.33. The highest BCUT2D eigenvalue weighted by molar-refractivity contribution is 7.13. The van der Waals surface area contributed by atoms with E-state index in [0.29, 0.717) is 18.5 Å². The molecular formula is C22H19N3O3S. The first-order chi connectivity index (χ1) is 14.1. The second-order valence-corrected chi connectivity index (χ2v) is 8.10. The van der Waals surface area contributed by atoms with Crippen molar-refractivity contribution < 1.29 is 9.21 Å². The van der Waals surface area contributed by atoms with E-state index in [2.05, 4.69) is 0 Å². The van der Waals surface area contributed by atoms with E-state index in [4.69, 9.17) is 9.40 Å². The molecule has 1 unspecified atom stereocenters. The van der Waals surface area contributed by atoms with Crippen molar-refractivity contribution in [2.75, 3.05) is 0 Å². The molecule has 2 aromatic heterocycles. The van der Waals surface area contributed by atoms with Gasteiger partial charge in [0.05, 0.1) is 23.8 Å². The first-order valence-electron chi connectivity index (χ1n) is 9.49. The molecule has 0 spiro atoms. The van der Waals surface area contributed by atoms with Gasteiger partial charge in [-0.3, -0.25) is 9.36 Å². The van der Waals surface area contributed by atoms with Gasteiger partial charge in [0.25, 0.3) is 0 Å². The second-order valence-electron chi connectivity index (χ2n) is 7.24. The van der Waals surface area contributed by atoms with Crippen LogP contribution in [0.4, 0.5) is 0 Å². The molecule has 0 bridgehead atoms. The summed E-state index contributed by atoms with van der Waals surface area (Å²) >= 11 is 1.59. The van der Waals surface area contributed by atoms with Gasteiger partial charge in [0, 0.05) is 24.4 Å². The topological polar surface area (TPSA) is 68.3 Å². The number of carbonyl (C=O) groups excluding carboxylic acids is 1. The van der Waals surface area contributed by atoms with E-state index >= 15 is 0 Å². The summed E-state index contributed by atoms with van der Waals surface area (Å²) in [5, 5.41) is 2.97. The van der Waals surface area contributed by atoms with Crippen molar-refractivity contribution in [3.05, 3.63) is 75.7 Å². The lowest BCUT2D eigenvalue weighted by Gasteiger charge is -2.24. The lowest BCUT2D eigenvalue weighted by atomic mass is 10.0. The third kappa shape index (κ3) is 3.17. The Kier molecular flexibility index (Phi) is 4.32. The number of carbonyl (C=O) groups is 1. The fourth-order valence-electron chi connectivity index (χ4n) is 3.90. The van der Waals surface area contributed by atoms with Crippen LogP contribution >= 0.6 is 11.3 Å². The normalized spacial score (nSPS) is 16.8. The molecule has 1 aliphatic heterocycles. The van der Waals surface area contributed by atoms with Crippen LogP contribution in [-0.2, 0) is 18.4 Å². The van der Waals surface area contributed by atoms with E-state index in [1.807, 2.05) is 58.8 Å². The molecule has 3 heterocycles. The Morgan fingerprint density at radius 1 is 1.17 bits per heavy atom. The average molecular weight is 405 g/mol. The van der Waals surface area contributed by atoms with Gasteiger partial charge in [0.1, 0.15) is 5.01 Å². The second kappa shape index (κ2) is 7.00. The Morgan fingerprint density at radius 3 is 2.83 bits per heavy atom. The Bertz CT molecular complexity index is 1260. The number of fused-ring (bicyclic) bond motifs is 1. The van der Waals surface area contributed by atoms with Crippen molar-refractivity contribution in [2.45, 2.75) is 25.4 Å². The van der Waals surface area contributed by atoms with E-state index in [1.54, 1.807) is 18.4 Å². The zero-order valence-corrected chi connectivity index (χ0v) is 16.7. The number of amides is 1. The third-order valence-corrected chi connectivity index (χ3v) is 6.37. The first-order valence-corrected chi connectivity index (χ1v) is 10.4. The Balaban J connectivity index is 1.43. The van der Waals surface area contributed by atoms with Crippen LogP contribution in [0.2, 0.25) is 0 Å². The Morgan fingerprint density at radius 2 is 2.00 bits per heavy atom. The number of thiazole rings is 1. The maximum absolute atomic E-state index is 12.6. The average Bonchev–Trinajstić information content (AvgIpc) is 3.42.